The van der Waals surface area contributed by atoms with Gasteiger partial charge >= 0.3 is 0 Å². The number of amides is 2. The normalized spacial score (nSPS) is 10.2. The number of anilines is 1. The maximum atomic E-state index is 12.2. The summed E-state index contributed by atoms with van der Waals surface area (Å²) in [6.45, 7) is 1.04. The maximum absolute atomic E-state index is 12.2. The minimum absolute atomic E-state index is 0.152. The Balaban J connectivity index is 2.01. The van der Waals surface area contributed by atoms with Gasteiger partial charge in [0.15, 0.2) is 0 Å². The van der Waals surface area contributed by atoms with Gasteiger partial charge in [0, 0.05) is 31.0 Å². The molecule has 1 aromatic heterocycles. The number of pyridine rings is 1. The molecule has 2 amide bonds. The van der Waals surface area contributed by atoms with E-state index in [4.69, 9.17) is 16.3 Å². The lowest BCUT2D eigenvalue weighted by Crippen LogP contribution is -2.27. The summed E-state index contributed by atoms with van der Waals surface area (Å²) in [7, 11) is 1.60. The van der Waals surface area contributed by atoms with Crippen LogP contribution in [-0.2, 0) is 4.74 Å². The van der Waals surface area contributed by atoms with Crippen molar-refractivity contribution in [1.29, 1.82) is 0 Å². The van der Waals surface area contributed by atoms with E-state index in [0.717, 1.165) is 0 Å². The summed E-state index contributed by atoms with van der Waals surface area (Å²) in [5, 5.41) is 5.94. The van der Waals surface area contributed by atoms with Gasteiger partial charge in [0.2, 0.25) is 0 Å². The van der Waals surface area contributed by atoms with Gasteiger partial charge in [0.05, 0.1) is 0 Å². The molecule has 2 aromatic rings. The third-order valence-electron chi connectivity index (χ3n) is 3.11. The summed E-state index contributed by atoms with van der Waals surface area (Å²) < 4.78 is 4.92. The number of carbonyl (C=O) groups excluding carboxylic acids is 2. The van der Waals surface area contributed by atoms with Crippen LogP contribution in [0.15, 0.2) is 42.5 Å². The van der Waals surface area contributed by atoms with E-state index in [-0.39, 0.29) is 17.3 Å². The number of aromatic nitrogens is 1. The first kappa shape index (κ1) is 17.9. The smallest absolute Gasteiger partial charge is 0.274 e. The maximum Gasteiger partial charge on any atom is 0.274 e. The van der Waals surface area contributed by atoms with Crippen LogP contribution in [0.5, 0.6) is 0 Å². The topological polar surface area (TPSA) is 80.3 Å². The Morgan fingerprint density at radius 2 is 1.83 bits per heavy atom. The van der Waals surface area contributed by atoms with Crippen LogP contribution in [0.2, 0.25) is 5.02 Å². The molecule has 2 N–H and O–H groups in total. The lowest BCUT2D eigenvalue weighted by molar-refractivity contribution is 0.0943. The van der Waals surface area contributed by atoms with Crippen molar-refractivity contribution in [2.45, 2.75) is 6.42 Å². The lowest BCUT2D eigenvalue weighted by Gasteiger charge is -2.07. The van der Waals surface area contributed by atoms with Crippen molar-refractivity contribution in [2.75, 3.05) is 25.6 Å². The van der Waals surface area contributed by atoms with Crippen LogP contribution in [0.4, 0.5) is 5.69 Å². The van der Waals surface area contributed by atoms with Crippen molar-refractivity contribution in [3.8, 4) is 0 Å². The van der Waals surface area contributed by atoms with E-state index in [1.165, 1.54) is 0 Å². The highest BCUT2D eigenvalue weighted by molar-refractivity contribution is 6.30. The summed E-state index contributed by atoms with van der Waals surface area (Å²) in [6, 6.07) is 11.5. The fraction of sp³-hybridized carbons (Fsp3) is 0.235. The van der Waals surface area contributed by atoms with Gasteiger partial charge in [-0.3, -0.25) is 9.59 Å². The largest absolute Gasteiger partial charge is 0.385 e. The molecule has 0 saturated carbocycles. The van der Waals surface area contributed by atoms with Crippen molar-refractivity contribution >= 4 is 29.1 Å². The molecule has 0 unspecified atom stereocenters. The van der Waals surface area contributed by atoms with Crippen molar-refractivity contribution in [3.05, 3.63) is 58.9 Å². The Kier molecular flexibility index (Phi) is 6.72. The summed E-state index contributed by atoms with van der Waals surface area (Å²) in [5.41, 5.74) is 0.898. The molecule has 0 spiro atoms. The van der Waals surface area contributed by atoms with Gasteiger partial charge in [0.25, 0.3) is 11.8 Å². The van der Waals surface area contributed by atoms with Crippen LogP contribution in [0, 0.1) is 0 Å². The molecule has 7 heteroatoms. The molecule has 0 aliphatic heterocycles. The zero-order chi connectivity index (χ0) is 17.4. The number of halogens is 1. The number of hydrogen-bond acceptors (Lipinski definition) is 4. The molecule has 0 aliphatic rings. The number of benzene rings is 1. The average molecular weight is 348 g/mol. The summed E-state index contributed by atoms with van der Waals surface area (Å²) in [6.07, 6.45) is 0.706. The summed E-state index contributed by atoms with van der Waals surface area (Å²) in [4.78, 5) is 28.4. The fourth-order valence-corrected chi connectivity index (χ4v) is 2.15. The number of rotatable bonds is 7. The molecule has 0 fully saturated rings. The van der Waals surface area contributed by atoms with Crippen molar-refractivity contribution in [1.82, 2.24) is 10.3 Å². The van der Waals surface area contributed by atoms with E-state index >= 15 is 0 Å². The molecule has 0 radical (unpaired) electrons. The van der Waals surface area contributed by atoms with E-state index in [1.54, 1.807) is 49.6 Å². The highest BCUT2D eigenvalue weighted by Crippen LogP contribution is 2.15. The number of hydrogen-bond donors (Lipinski definition) is 2. The number of nitrogens with one attached hydrogen (secondary N) is 2. The molecule has 6 nitrogen and oxygen atoms in total. The molecule has 2 rings (SSSR count). The molecule has 24 heavy (non-hydrogen) atoms. The molecular formula is C17H18ClN3O3. The van der Waals surface area contributed by atoms with E-state index in [0.29, 0.717) is 30.3 Å². The number of ether oxygens (including phenoxy) is 1. The quantitative estimate of drug-likeness (QED) is 0.755. The van der Waals surface area contributed by atoms with Gasteiger partial charge in [-0.05, 0) is 36.8 Å². The number of nitrogens with zero attached hydrogens (tertiary/aromatic N) is 1. The Labute approximate surface area is 145 Å². The monoisotopic (exact) mass is 347 g/mol. The third-order valence-corrected chi connectivity index (χ3v) is 3.34. The molecule has 0 aliphatic carbocycles. The van der Waals surface area contributed by atoms with Gasteiger partial charge in [-0.25, -0.2) is 4.98 Å². The lowest BCUT2D eigenvalue weighted by atomic mass is 10.2. The van der Waals surface area contributed by atoms with Crippen molar-refractivity contribution < 1.29 is 14.3 Å². The molecule has 0 saturated heterocycles. The van der Waals surface area contributed by atoms with Crippen LogP contribution in [0.25, 0.3) is 0 Å². The minimum atomic E-state index is -0.411. The van der Waals surface area contributed by atoms with Crippen LogP contribution in [0.3, 0.4) is 0 Å². The Bertz CT molecular complexity index is 722. The van der Waals surface area contributed by atoms with Gasteiger partial charge in [-0.1, -0.05) is 23.7 Å². The predicted octanol–water partition coefficient (Wildman–Crippen LogP) is 2.75. The number of carbonyl (C=O) groups is 2. The fourth-order valence-electron chi connectivity index (χ4n) is 1.96. The highest BCUT2D eigenvalue weighted by Gasteiger charge is 2.12. The summed E-state index contributed by atoms with van der Waals surface area (Å²) in [5.74, 6) is -0.741. The highest BCUT2D eigenvalue weighted by atomic mass is 35.5. The van der Waals surface area contributed by atoms with Crippen LogP contribution >= 0.6 is 11.6 Å². The van der Waals surface area contributed by atoms with Crippen molar-refractivity contribution in [3.63, 3.8) is 0 Å². The second-order valence-corrected chi connectivity index (χ2v) is 5.41. The zero-order valence-corrected chi connectivity index (χ0v) is 14.0. The average Bonchev–Trinajstić information content (AvgIpc) is 2.58. The van der Waals surface area contributed by atoms with Crippen LogP contribution in [-0.4, -0.2) is 37.1 Å². The van der Waals surface area contributed by atoms with Crippen LogP contribution in [0.1, 0.15) is 27.4 Å². The first-order chi connectivity index (χ1) is 11.6. The Morgan fingerprint density at radius 1 is 1.12 bits per heavy atom. The molecule has 0 atom stereocenters. The van der Waals surface area contributed by atoms with Gasteiger partial charge in [-0.2, -0.15) is 0 Å². The molecule has 0 bridgehead atoms. The van der Waals surface area contributed by atoms with Gasteiger partial charge in [0.1, 0.15) is 11.4 Å². The van der Waals surface area contributed by atoms with Crippen LogP contribution < -0.4 is 10.6 Å². The minimum Gasteiger partial charge on any atom is -0.385 e. The Hall–Kier alpha value is -2.44. The zero-order valence-electron chi connectivity index (χ0n) is 13.2. The van der Waals surface area contributed by atoms with E-state index in [2.05, 4.69) is 15.6 Å². The SMILES string of the molecule is COCCCNC(=O)c1cccc(C(=O)Nc2cccc(Cl)c2)n1. The van der Waals surface area contributed by atoms with Gasteiger partial charge < -0.3 is 15.4 Å². The number of methoxy groups -OCH3 is 1. The van der Waals surface area contributed by atoms with E-state index in [1.807, 2.05) is 0 Å². The molecular weight excluding hydrogens is 330 g/mol. The molecule has 126 valence electrons. The van der Waals surface area contributed by atoms with Gasteiger partial charge in [-0.15, -0.1) is 0 Å². The first-order valence-electron chi connectivity index (χ1n) is 7.41. The first-order valence-corrected chi connectivity index (χ1v) is 7.79. The molecule has 1 aromatic carbocycles. The standard InChI is InChI=1S/C17H18ClN3O3/c1-24-10-4-9-19-16(22)14-7-3-8-15(21-14)17(23)20-13-6-2-5-12(18)11-13/h2-3,5-8,11H,4,9-10H2,1H3,(H,19,22)(H,20,23). The second-order valence-electron chi connectivity index (χ2n) is 4.97. The summed E-state index contributed by atoms with van der Waals surface area (Å²) >= 11 is 5.88. The third kappa shape index (κ3) is 5.33. The van der Waals surface area contributed by atoms with E-state index in [9.17, 15) is 9.59 Å². The van der Waals surface area contributed by atoms with E-state index < -0.39 is 5.91 Å². The second kappa shape index (κ2) is 9.00. The van der Waals surface area contributed by atoms with Crippen molar-refractivity contribution in [2.24, 2.45) is 0 Å². The predicted molar refractivity (Wildman–Crippen MR) is 92.5 cm³/mol. The Morgan fingerprint density at radius 3 is 2.54 bits per heavy atom. The molecule has 1 heterocycles.